The fraction of sp³-hybridized carbons (Fsp3) is 0.351. The van der Waals surface area contributed by atoms with Gasteiger partial charge in [-0.2, -0.15) is 0 Å². The molecule has 39 heavy (non-hydrogen) atoms. The largest absolute Gasteiger partial charge is 0.399 e. The molecule has 0 aromatic heterocycles. The average Bonchev–Trinajstić information content (AvgIpc) is 2.96. The van der Waals surface area contributed by atoms with Crippen LogP contribution >= 0.6 is 0 Å². The predicted molar refractivity (Wildman–Crippen MR) is 169 cm³/mol. The molecule has 2 nitrogen and oxygen atoms in total. The molecule has 2 heteroatoms. The van der Waals surface area contributed by atoms with E-state index in [4.69, 9.17) is 11.5 Å². The average molecular weight is 519 g/mol. The van der Waals surface area contributed by atoms with Gasteiger partial charge >= 0.3 is 0 Å². The van der Waals surface area contributed by atoms with E-state index < -0.39 is 0 Å². The summed E-state index contributed by atoms with van der Waals surface area (Å²) in [5, 5.41) is 0. The molecular weight excluding hydrogens is 472 g/mol. The van der Waals surface area contributed by atoms with Crippen molar-refractivity contribution >= 4 is 11.4 Å². The van der Waals surface area contributed by atoms with Gasteiger partial charge in [0, 0.05) is 23.2 Å². The van der Waals surface area contributed by atoms with Crippen molar-refractivity contribution in [3.05, 3.63) is 130 Å². The maximum absolute atomic E-state index is 5.93. The summed E-state index contributed by atoms with van der Waals surface area (Å²) >= 11 is 0. The highest BCUT2D eigenvalue weighted by Crippen LogP contribution is 2.33. The zero-order chi connectivity index (χ0) is 27.6. The lowest BCUT2D eigenvalue weighted by Gasteiger charge is -2.21. The molecule has 4 aromatic carbocycles. The first-order chi connectivity index (χ1) is 19.0. The summed E-state index contributed by atoms with van der Waals surface area (Å²) < 4.78 is 0. The summed E-state index contributed by atoms with van der Waals surface area (Å²) in [4.78, 5) is 0. The second-order valence-electron chi connectivity index (χ2n) is 11.1. The second kappa shape index (κ2) is 14.0. The molecule has 0 fully saturated rings. The maximum Gasteiger partial charge on any atom is 0.0314 e. The lowest BCUT2D eigenvalue weighted by molar-refractivity contribution is 0.563. The molecule has 0 radical (unpaired) electrons. The van der Waals surface area contributed by atoms with Crippen molar-refractivity contribution < 1.29 is 0 Å². The Bertz CT molecular complexity index is 1260. The van der Waals surface area contributed by atoms with Gasteiger partial charge < -0.3 is 11.5 Å². The van der Waals surface area contributed by atoms with E-state index in [1.165, 1.54) is 59.1 Å². The van der Waals surface area contributed by atoms with Crippen molar-refractivity contribution in [2.45, 2.75) is 83.5 Å². The molecule has 4 N–H and O–H groups in total. The van der Waals surface area contributed by atoms with E-state index in [9.17, 15) is 0 Å². The lowest BCUT2D eigenvalue weighted by Crippen LogP contribution is -2.06. The second-order valence-corrected chi connectivity index (χ2v) is 11.1. The third-order valence-electron chi connectivity index (χ3n) is 8.32. The van der Waals surface area contributed by atoms with E-state index in [-0.39, 0.29) is 0 Å². The van der Waals surface area contributed by atoms with Crippen molar-refractivity contribution in [3.63, 3.8) is 0 Å². The van der Waals surface area contributed by atoms with Gasteiger partial charge in [0.25, 0.3) is 0 Å². The third kappa shape index (κ3) is 7.53. The van der Waals surface area contributed by atoms with E-state index in [2.05, 4.69) is 93.6 Å². The van der Waals surface area contributed by atoms with Crippen LogP contribution in [0, 0.1) is 0 Å². The molecule has 0 amide bonds. The van der Waals surface area contributed by atoms with Crippen LogP contribution in [-0.4, -0.2) is 0 Å². The first-order valence-electron chi connectivity index (χ1n) is 14.9. The number of benzene rings is 4. The fourth-order valence-corrected chi connectivity index (χ4v) is 5.98. The Morgan fingerprint density at radius 2 is 0.872 bits per heavy atom. The van der Waals surface area contributed by atoms with Gasteiger partial charge in [-0.15, -0.1) is 0 Å². The number of hydrogen-bond acceptors (Lipinski definition) is 2. The molecule has 0 aliphatic rings. The van der Waals surface area contributed by atoms with Crippen LogP contribution in [0.3, 0.4) is 0 Å². The Morgan fingerprint density at radius 1 is 0.487 bits per heavy atom. The van der Waals surface area contributed by atoms with Crippen LogP contribution in [0.15, 0.2) is 97.1 Å². The molecule has 204 valence electrons. The zero-order valence-corrected chi connectivity index (χ0v) is 24.1. The first kappa shape index (κ1) is 28.5. The molecule has 0 aliphatic carbocycles. The summed E-state index contributed by atoms with van der Waals surface area (Å²) in [7, 11) is 0. The molecule has 3 atom stereocenters. The number of nitrogen functional groups attached to an aromatic ring is 2. The van der Waals surface area contributed by atoms with Crippen LogP contribution in [0.4, 0.5) is 11.4 Å². The van der Waals surface area contributed by atoms with Crippen molar-refractivity contribution in [1.82, 2.24) is 0 Å². The van der Waals surface area contributed by atoms with E-state index in [1.807, 2.05) is 24.3 Å². The molecular formula is C37H46N2. The Balaban J connectivity index is 1.51. The van der Waals surface area contributed by atoms with Crippen molar-refractivity contribution in [1.29, 1.82) is 0 Å². The minimum absolute atomic E-state index is 0.401. The maximum atomic E-state index is 5.93. The summed E-state index contributed by atoms with van der Waals surface area (Å²) in [5.41, 5.74) is 21.8. The highest BCUT2D eigenvalue weighted by molar-refractivity contribution is 5.44. The number of anilines is 2. The summed E-state index contributed by atoms with van der Waals surface area (Å²) in [6, 6.07) is 35.6. The fourth-order valence-electron chi connectivity index (χ4n) is 5.98. The monoisotopic (exact) mass is 518 g/mol. The standard InChI is InChI=1S/C37H46N2/c1-4-7-8-9-33(28-14-16-30(17-15-28)37(6-3)32-20-24-35(39)25-21-32)26-27-10-12-29(13-11-27)36(5-2)31-18-22-34(38)23-19-31/h10-25,33,36-37H,4-9,26,38-39H2,1-3H3. The molecule has 4 rings (SSSR count). The van der Waals surface area contributed by atoms with E-state index in [0.717, 1.165) is 30.6 Å². The van der Waals surface area contributed by atoms with Gasteiger partial charge in [-0.3, -0.25) is 0 Å². The topological polar surface area (TPSA) is 52.0 Å². The molecule has 0 heterocycles. The molecule has 3 unspecified atom stereocenters. The Kier molecular flexibility index (Phi) is 10.3. The zero-order valence-electron chi connectivity index (χ0n) is 24.1. The summed E-state index contributed by atoms with van der Waals surface area (Å²) in [6.07, 6.45) is 8.28. The highest BCUT2D eigenvalue weighted by atomic mass is 14.5. The summed E-state index contributed by atoms with van der Waals surface area (Å²) in [6.45, 7) is 6.82. The van der Waals surface area contributed by atoms with E-state index >= 15 is 0 Å². The van der Waals surface area contributed by atoms with E-state index in [1.54, 1.807) is 0 Å². The number of hydrogen-bond donors (Lipinski definition) is 2. The minimum atomic E-state index is 0.401. The SMILES string of the molecule is CCCCCC(Cc1ccc(C(CC)c2ccc(N)cc2)cc1)c1ccc(C(CC)c2ccc(N)cc2)cc1. The van der Waals surface area contributed by atoms with Crippen LogP contribution in [-0.2, 0) is 6.42 Å². The third-order valence-corrected chi connectivity index (χ3v) is 8.32. The predicted octanol–water partition coefficient (Wildman–Crippen LogP) is 9.84. The van der Waals surface area contributed by atoms with Gasteiger partial charge in [-0.1, -0.05) is 113 Å². The van der Waals surface area contributed by atoms with Crippen molar-refractivity contribution in [2.24, 2.45) is 0 Å². The van der Waals surface area contributed by atoms with Gasteiger partial charge in [0.1, 0.15) is 0 Å². The van der Waals surface area contributed by atoms with E-state index in [0.29, 0.717) is 17.8 Å². The molecule has 0 aliphatic heterocycles. The molecule has 4 aromatic rings. The Morgan fingerprint density at radius 3 is 1.28 bits per heavy atom. The highest BCUT2D eigenvalue weighted by Gasteiger charge is 2.17. The number of unbranched alkanes of at least 4 members (excludes halogenated alkanes) is 2. The molecule has 0 bridgehead atoms. The minimum Gasteiger partial charge on any atom is -0.399 e. The van der Waals surface area contributed by atoms with Crippen LogP contribution in [0.2, 0.25) is 0 Å². The summed E-state index contributed by atoms with van der Waals surface area (Å²) in [5.74, 6) is 1.34. The van der Waals surface area contributed by atoms with Gasteiger partial charge in [0.15, 0.2) is 0 Å². The van der Waals surface area contributed by atoms with Gasteiger partial charge in [-0.05, 0) is 89.2 Å². The lowest BCUT2D eigenvalue weighted by atomic mass is 9.83. The first-order valence-corrected chi connectivity index (χ1v) is 14.9. The number of rotatable bonds is 13. The Labute approximate surface area is 236 Å². The molecule has 0 saturated heterocycles. The van der Waals surface area contributed by atoms with Crippen LogP contribution in [0.25, 0.3) is 0 Å². The smallest absolute Gasteiger partial charge is 0.0314 e. The van der Waals surface area contributed by atoms with Gasteiger partial charge in [0.2, 0.25) is 0 Å². The molecule has 0 spiro atoms. The van der Waals surface area contributed by atoms with Crippen molar-refractivity contribution in [2.75, 3.05) is 11.5 Å². The Hall–Kier alpha value is -3.52. The van der Waals surface area contributed by atoms with Gasteiger partial charge in [-0.25, -0.2) is 0 Å². The van der Waals surface area contributed by atoms with Crippen molar-refractivity contribution in [3.8, 4) is 0 Å². The van der Waals surface area contributed by atoms with Crippen LogP contribution in [0.5, 0.6) is 0 Å². The number of nitrogens with two attached hydrogens (primary N) is 2. The van der Waals surface area contributed by atoms with Gasteiger partial charge in [0.05, 0.1) is 0 Å². The normalized spacial score (nSPS) is 13.6. The van der Waals surface area contributed by atoms with Crippen LogP contribution < -0.4 is 11.5 Å². The quantitative estimate of drug-likeness (QED) is 0.137. The van der Waals surface area contributed by atoms with Crippen LogP contribution in [0.1, 0.15) is 110 Å². The molecule has 0 saturated carbocycles.